The molecule has 0 amide bonds. The minimum Gasteiger partial charge on any atom is -0.301 e. The van der Waals surface area contributed by atoms with Gasteiger partial charge < -0.3 is 4.55 Å². The summed E-state index contributed by atoms with van der Waals surface area (Å²) >= 11 is -2.05. The van der Waals surface area contributed by atoms with Gasteiger partial charge in [-0.25, -0.2) is 14.2 Å². The monoisotopic (exact) mass is 194 g/mol. The van der Waals surface area contributed by atoms with Crippen LogP contribution in [0.1, 0.15) is 0 Å². The van der Waals surface area contributed by atoms with Crippen LogP contribution in [0.3, 0.4) is 0 Å². The molecule has 1 aromatic carbocycles. The lowest BCUT2D eigenvalue weighted by atomic mass is 10.2. The molecule has 0 saturated carbocycles. The van der Waals surface area contributed by atoms with Gasteiger partial charge in [0.15, 0.2) is 5.03 Å². The average Bonchev–Trinajstić information content (AvgIpc) is 2.17. The van der Waals surface area contributed by atoms with E-state index in [-0.39, 0.29) is 5.03 Å². The average molecular weight is 194 g/mol. The number of para-hydroxylation sites is 1. The minimum absolute atomic E-state index is 0.158. The number of fused-ring (bicyclic) bond motifs is 1. The van der Waals surface area contributed by atoms with E-state index >= 15 is 0 Å². The lowest BCUT2D eigenvalue weighted by molar-refractivity contribution is 0.561. The van der Waals surface area contributed by atoms with Gasteiger partial charge in [0.1, 0.15) is 6.33 Å². The van der Waals surface area contributed by atoms with E-state index in [1.165, 1.54) is 6.33 Å². The normalized spacial score (nSPS) is 13.0. The van der Waals surface area contributed by atoms with Crippen LogP contribution in [-0.2, 0) is 11.1 Å². The minimum atomic E-state index is -2.05. The first kappa shape index (κ1) is 8.28. The highest BCUT2D eigenvalue weighted by atomic mass is 32.2. The smallest absolute Gasteiger partial charge is 0.206 e. The number of aromatic nitrogens is 2. The highest BCUT2D eigenvalue weighted by Gasteiger charge is 2.06. The van der Waals surface area contributed by atoms with Gasteiger partial charge in [-0.1, -0.05) is 12.1 Å². The molecule has 66 valence electrons. The van der Waals surface area contributed by atoms with Gasteiger partial charge in [0, 0.05) is 5.39 Å². The second kappa shape index (κ2) is 3.20. The van der Waals surface area contributed by atoms with Crippen LogP contribution in [0, 0.1) is 0 Å². The number of rotatable bonds is 1. The van der Waals surface area contributed by atoms with E-state index in [0.29, 0.717) is 10.9 Å². The van der Waals surface area contributed by atoms with Crippen LogP contribution < -0.4 is 0 Å². The zero-order valence-electron chi connectivity index (χ0n) is 6.54. The first-order valence-electron chi connectivity index (χ1n) is 3.59. The van der Waals surface area contributed by atoms with Gasteiger partial charge in [-0.3, -0.25) is 0 Å². The van der Waals surface area contributed by atoms with Crippen molar-refractivity contribution in [1.82, 2.24) is 9.97 Å². The zero-order valence-corrected chi connectivity index (χ0v) is 7.36. The molecule has 0 aliphatic carbocycles. The SMILES string of the molecule is O=S(O)c1ncnc2ccccc12. The molecule has 1 heterocycles. The number of hydrogen-bond acceptors (Lipinski definition) is 3. The standard InChI is InChI=1S/C8H6N2O2S/c11-13(12)8-6-3-1-2-4-7(6)9-5-10-8/h1-5H,(H,11,12). The predicted molar refractivity (Wildman–Crippen MR) is 48.6 cm³/mol. The Bertz CT molecular complexity index is 467. The fourth-order valence-electron chi connectivity index (χ4n) is 1.12. The maximum Gasteiger partial charge on any atom is 0.206 e. The van der Waals surface area contributed by atoms with Crippen molar-refractivity contribution in [3.05, 3.63) is 30.6 Å². The molecule has 0 radical (unpaired) electrons. The van der Waals surface area contributed by atoms with Gasteiger partial charge in [0.25, 0.3) is 0 Å². The van der Waals surface area contributed by atoms with Crippen molar-refractivity contribution < 1.29 is 8.76 Å². The lowest BCUT2D eigenvalue weighted by Crippen LogP contribution is -1.95. The molecule has 0 saturated heterocycles. The maximum absolute atomic E-state index is 10.8. The molecular weight excluding hydrogens is 188 g/mol. The molecule has 4 nitrogen and oxygen atoms in total. The molecule has 0 aliphatic heterocycles. The molecule has 0 spiro atoms. The summed E-state index contributed by atoms with van der Waals surface area (Å²) in [6.07, 6.45) is 1.28. The van der Waals surface area contributed by atoms with E-state index < -0.39 is 11.1 Å². The van der Waals surface area contributed by atoms with E-state index in [0.717, 1.165) is 0 Å². The third kappa shape index (κ3) is 1.43. The number of benzene rings is 1. The van der Waals surface area contributed by atoms with E-state index in [9.17, 15) is 4.21 Å². The van der Waals surface area contributed by atoms with E-state index in [4.69, 9.17) is 4.55 Å². The van der Waals surface area contributed by atoms with Crippen LogP contribution >= 0.6 is 0 Å². The van der Waals surface area contributed by atoms with Crippen LogP contribution in [-0.4, -0.2) is 18.7 Å². The Morgan fingerprint density at radius 2 is 2.00 bits per heavy atom. The maximum atomic E-state index is 10.8. The van der Waals surface area contributed by atoms with Gasteiger partial charge >= 0.3 is 0 Å². The van der Waals surface area contributed by atoms with Crippen LogP contribution in [0.4, 0.5) is 0 Å². The van der Waals surface area contributed by atoms with Crippen molar-refractivity contribution in [1.29, 1.82) is 0 Å². The first-order chi connectivity index (χ1) is 6.29. The first-order valence-corrected chi connectivity index (χ1v) is 4.70. The largest absolute Gasteiger partial charge is 0.301 e. The molecule has 1 atom stereocenters. The lowest BCUT2D eigenvalue weighted by Gasteiger charge is -1.98. The molecule has 0 fully saturated rings. The van der Waals surface area contributed by atoms with Gasteiger partial charge in [0.05, 0.1) is 5.52 Å². The van der Waals surface area contributed by atoms with E-state index in [1.54, 1.807) is 18.2 Å². The summed E-state index contributed by atoms with van der Waals surface area (Å²) in [5.74, 6) is 0. The summed E-state index contributed by atoms with van der Waals surface area (Å²) in [7, 11) is 0. The molecule has 13 heavy (non-hydrogen) atoms. The number of hydrogen-bond donors (Lipinski definition) is 1. The van der Waals surface area contributed by atoms with Crippen molar-refractivity contribution in [2.45, 2.75) is 5.03 Å². The highest BCUT2D eigenvalue weighted by molar-refractivity contribution is 7.79. The Balaban J connectivity index is 2.83. The molecule has 0 bridgehead atoms. The highest BCUT2D eigenvalue weighted by Crippen LogP contribution is 2.15. The van der Waals surface area contributed by atoms with Gasteiger partial charge in [0.2, 0.25) is 11.1 Å². The molecule has 2 rings (SSSR count). The summed E-state index contributed by atoms with van der Waals surface area (Å²) in [6, 6.07) is 7.09. The molecule has 1 N–H and O–H groups in total. The van der Waals surface area contributed by atoms with Gasteiger partial charge in [-0.2, -0.15) is 0 Å². The topological polar surface area (TPSA) is 63.1 Å². The summed E-state index contributed by atoms with van der Waals surface area (Å²) in [5.41, 5.74) is 0.676. The van der Waals surface area contributed by atoms with Crippen molar-refractivity contribution in [2.24, 2.45) is 0 Å². The van der Waals surface area contributed by atoms with E-state index in [1.807, 2.05) is 6.07 Å². The fraction of sp³-hybridized carbons (Fsp3) is 0. The van der Waals surface area contributed by atoms with Crippen molar-refractivity contribution in [3.8, 4) is 0 Å². The van der Waals surface area contributed by atoms with Crippen LogP contribution in [0.2, 0.25) is 0 Å². The fourth-order valence-corrected chi connectivity index (χ4v) is 1.62. The Morgan fingerprint density at radius 3 is 2.77 bits per heavy atom. The third-order valence-corrected chi connectivity index (χ3v) is 2.33. The summed E-state index contributed by atoms with van der Waals surface area (Å²) in [5, 5.41) is 0.774. The quantitative estimate of drug-likeness (QED) is 0.547. The molecule has 5 heteroatoms. The third-order valence-electron chi connectivity index (χ3n) is 1.67. The molecule has 1 aromatic heterocycles. The van der Waals surface area contributed by atoms with Crippen molar-refractivity contribution in [2.75, 3.05) is 0 Å². The Morgan fingerprint density at radius 1 is 1.23 bits per heavy atom. The predicted octanol–water partition coefficient (Wildman–Crippen LogP) is 1.21. The second-order valence-corrected chi connectivity index (χ2v) is 3.33. The summed E-state index contributed by atoms with van der Waals surface area (Å²) in [4.78, 5) is 7.71. The molecular formula is C8H6N2O2S. The molecule has 2 aromatic rings. The molecule has 0 aliphatic rings. The van der Waals surface area contributed by atoms with Crippen LogP contribution in [0.15, 0.2) is 35.6 Å². The van der Waals surface area contributed by atoms with Crippen molar-refractivity contribution in [3.63, 3.8) is 0 Å². The van der Waals surface area contributed by atoms with Crippen LogP contribution in [0.25, 0.3) is 10.9 Å². The summed E-state index contributed by atoms with van der Waals surface area (Å²) in [6.45, 7) is 0. The van der Waals surface area contributed by atoms with Gasteiger partial charge in [-0.05, 0) is 12.1 Å². The summed E-state index contributed by atoms with van der Waals surface area (Å²) < 4.78 is 19.7. The number of nitrogens with zero attached hydrogens (tertiary/aromatic N) is 2. The Hall–Kier alpha value is -1.33. The second-order valence-electron chi connectivity index (χ2n) is 2.45. The van der Waals surface area contributed by atoms with Crippen molar-refractivity contribution >= 4 is 22.0 Å². The van der Waals surface area contributed by atoms with E-state index in [2.05, 4.69) is 9.97 Å². The Labute approximate surface area is 76.9 Å². The zero-order chi connectivity index (χ0) is 9.26. The van der Waals surface area contributed by atoms with Gasteiger partial charge in [-0.15, -0.1) is 0 Å². The van der Waals surface area contributed by atoms with Crippen LogP contribution in [0.5, 0.6) is 0 Å². The molecule has 1 unspecified atom stereocenters. The Kier molecular flexibility index (Phi) is 2.03.